The number of aliphatic hydroxyl groups is 1. The van der Waals surface area contributed by atoms with Gasteiger partial charge in [0.15, 0.2) is 5.96 Å². The maximum absolute atomic E-state index is 9.20. The molecule has 2 rings (SSSR count). The number of nitrogens with two attached hydrogens (primary N) is 1. The minimum absolute atomic E-state index is 0.0632. The van der Waals surface area contributed by atoms with Crippen LogP contribution < -0.4 is 11.1 Å². The number of hydrogen-bond donors (Lipinski definition) is 3. The third-order valence-corrected chi connectivity index (χ3v) is 4.02. The lowest BCUT2D eigenvalue weighted by atomic mass is 9.84. The van der Waals surface area contributed by atoms with Crippen LogP contribution in [-0.4, -0.2) is 37.4 Å². The van der Waals surface area contributed by atoms with Crippen molar-refractivity contribution >= 4 is 11.6 Å². The third kappa shape index (κ3) is 4.44. The Morgan fingerprint density at radius 2 is 2.38 bits per heavy atom. The first-order chi connectivity index (χ1) is 10.2. The summed E-state index contributed by atoms with van der Waals surface area (Å²) in [5.41, 5.74) is 8.11. The standard InChI is InChI=1S/C16H25N3O2/c1-2-13-4-3-5-14(10-13)19-15(17)18-11-16(6-8-20)7-9-21-12-16/h3-5,10,20H,2,6-9,11-12H2,1H3,(H3,17,18,19). The molecule has 1 aromatic rings. The van der Waals surface area contributed by atoms with Gasteiger partial charge in [-0.25, -0.2) is 0 Å². The summed E-state index contributed by atoms with van der Waals surface area (Å²) in [5, 5.41) is 12.3. The molecule has 0 spiro atoms. The van der Waals surface area contributed by atoms with Crippen molar-refractivity contribution in [3.63, 3.8) is 0 Å². The molecular formula is C16H25N3O2. The normalized spacial score (nSPS) is 22.5. The van der Waals surface area contributed by atoms with Crippen molar-refractivity contribution in [3.05, 3.63) is 29.8 Å². The predicted molar refractivity (Wildman–Crippen MR) is 85.5 cm³/mol. The maximum atomic E-state index is 9.20. The number of nitrogens with zero attached hydrogens (tertiary/aromatic N) is 1. The highest BCUT2D eigenvalue weighted by atomic mass is 16.5. The highest BCUT2D eigenvalue weighted by Gasteiger charge is 2.34. The Hall–Kier alpha value is -1.59. The summed E-state index contributed by atoms with van der Waals surface area (Å²) in [6.45, 7) is 4.25. The summed E-state index contributed by atoms with van der Waals surface area (Å²) < 4.78 is 5.45. The van der Waals surface area contributed by atoms with Gasteiger partial charge in [-0.2, -0.15) is 0 Å². The average molecular weight is 291 g/mol. The van der Waals surface area contributed by atoms with Gasteiger partial charge in [-0.15, -0.1) is 0 Å². The van der Waals surface area contributed by atoms with Crippen molar-refractivity contribution in [3.8, 4) is 0 Å². The van der Waals surface area contributed by atoms with Crippen LogP contribution in [0.25, 0.3) is 0 Å². The van der Waals surface area contributed by atoms with Gasteiger partial charge in [0.2, 0.25) is 0 Å². The van der Waals surface area contributed by atoms with E-state index in [0.717, 1.165) is 25.1 Å². The molecule has 116 valence electrons. The second kappa shape index (κ2) is 7.43. The third-order valence-electron chi connectivity index (χ3n) is 4.02. The quantitative estimate of drug-likeness (QED) is 0.551. The first-order valence-electron chi connectivity index (χ1n) is 7.52. The van der Waals surface area contributed by atoms with Crippen LogP contribution in [-0.2, 0) is 11.2 Å². The number of nitrogens with one attached hydrogen (secondary N) is 1. The number of anilines is 1. The Labute approximate surface area is 126 Å². The summed E-state index contributed by atoms with van der Waals surface area (Å²) in [6.07, 6.45) is 2.62. The largest absolute Gasteiger partial charge is 0.396 e. The molecule has 0 radical (unpaired) electrons. The molecule has 0 aromatic heterocycles. The molecule has 1 aliphatic rings. The Kier molecular flexibility index (Phi) is 5.59. The van der Waals surface area contributed by atoms with Crippen molar-refractivity contribution in [1.82, 2.24) is 0 Å². The lowest BCUT2D eigenvalue weighted by Gasteiger charge is -2.24. The first-order valence-corrected chi connectivity index (χ1v) is 7.52. The summed E-state index contributed by atoms with van der Waals surface area (Å²) in [4.78, 5) is 4.44. The molecule has 4 N–H and O–H groups in total. The number of aryl methyl sites for hydroxylation is 1. The van der Waals surface area contributed by atoms with Crippen LogP contribution >= 0.6 is 0 Å². The molecule has 1 saturated heterocycles. The van der Waals surface area contributed by atoms with Gasteiger partial charge in [-0.3, -0.25) is 4.99 Å². The molecular weight excluding hydrogens is 266 g/mol. The molecule has 0 aliphatic carbocycles. The fourth-order valence-corrected chi connectivity index (χ4v) is 2.60. The van der Waals surface area contributed by atoms with Crippen LogP contribution in [0, 0.1) is 5.41 Å². The topological polar surface area (TPSA) is 79.9 Å². The monoisotopic (exact) mass is 291 g/mol. The van der Waals surface area contributed by atoms with Gasteiger partial charge >= 0.3 is 0 Å². The van der Waals surface area contributed by atoms with E-state index in [1.165, 1.54) is 5.56 Å². The number of aliphatic hydroxyl groups excluding tert-OH is 1. The van der Waals surface area contributed by atoms with Gasteiger partial charge in [-0.05, 0) is 37.0 Å². The van der Waals surface area contributed by atoms with E-state index in [2.05, 4.69) is 29.4 Å². The average Bonchev–Trinajstić information content (AvgIpc) is 2.95. The van der Waals surface area contributed by atoms with Gasteiger partial charge in [0.25, 0.3) is 0 Å². The van der Waals surface area contributed by atoms with Gasteiger partial charge in [0.1, 0.15) is 0 Å². The summed E-state index contributed by atoms with van der Waals surface area (Å²) in [7, 11) is 0. The Morgan fingerprint density at radius 1 is 1.52 bits per heavy atom. The molecule has 5 heteroatoms. The summed E-state index contributed by atoms with van der Waals surface area (Å²) >= 11 is 0. The minimum Gasteiger partial charge on any atom is -0.396 e. The van der Waals surface area contributed by atoms with Crippen LogP contribution in [0.2, 0.25) is 0 Å². The van der Waals surface area contributed by atoms with Crippen molar-refractivity contribution < 1.29 is 9.84 Å². The fraction of sp³-hybridized carbons (Fsp3) is 0.562. The van der Waals surface area contributed by atoms with E-state index in [1.807, 2.05) is 12.1 Å². The molecule has 1 heterocycles. The second-order valence-corrected chi connectivity index (χ2v) is 5.66. The zero-order valence-electron chi connectivity index (χ0n) is 12.6. The summed E-state index contributed by atoms with van der Waals surface area (Å²) in [6, 6.07) is 8.14. The van der Waals surface area contributed by atoms with Crippen LogP contribution in [0.1, 0.15) is 25.3 Å². The van der Waals surface area contributed by atoms with E-state index in [4.69, 9.17) is 10.5 Å². The van der Waals surface area contributed by atoms with E-state index >= 15 is 0 Å². The second-order valence-electron chi connectivity index (χ2n) is 5.66. The molecule has 1 atom stereocenters. The smallest absolute Gasteiger partial charge is 0.193 e. The minimum atomic E-state index is -0.0632. The summed E-state index contributed by atoms with van der Waals surface area (Å²) in [5.74, 6) is 0.410. The highest BCUT2D eigenvalue weighted by Crippen LogP contribution is 2.32. The number of aliphatic imine (C=N–C) groups is 1. The SMILES string of the molecule is CCc1cccc(NC(N)=NCC2(CCO)CCOC2)c1. The number of rotatable bonds is 6. The first kappa shape index (κ1) is 15.8. The van der Waals surface area contributed by atoms with E-state index in [1.54, 1.807) is 0 Å². The van der Waals surface area contributed by atoms with Gasteiger partial charge in [0.05, 0.1) is 13.2 Å². The molecule has 0 bridgehead atoms. The lowest BCUT2D eigenvalue weighted by Crippen LogP contribution is -2.30. The van der Waals surface area contributed by atoms with Crippen molar-refractivity contribution in [2.45, 2.75) is 26.2 Å². The number of benzene rings is 1. The number of hydrogen-bond acceptors (Lipinski definition) is 3. The Bertz CT molecular complexity index is 482. The van der Waals surface area contributed by atoms with Crippen molar-refractivity contribution in [2.24, 2.45) is 16.1 Å². The van der Waals surface area contributed by atoms with Gasteiger partial charge in [0, 0.05) is 24.3 Å². The van der Waals surface area contributed by atoms with Crippen LogP contribution in [0.3, 0.4) is 0 Å². The van der Waals surface area contributed by atoms with Crippen molar-refractivity contribution in [2.75, 3.05) is 31.7 Å². The molecule has 1 unspecified atom stereocenters. The molecule has 5 nitrogen and oxygen atoms in total. The molecule has 1 aromatic carbocycles. The van der Waals surface area contributed by atoms with E-state index in [0.29, 0.717) is 25.5 Å². The molecule has 1 fully saturated rings. The lowest BCUT2D eigenvalue weighted by molar-refractivity contribution is 0.131. The van der Waals surface area contributed by atoms with Crippen molar-refractivity contribution in [1.29, 1.82) is 0 Å². The predicted octanol–water partition coefficient (Wildman–Crippen LogP) is 1.76. The van der Waals surface area contributed by atoms with Crippen LogP contribution in [0.15, 0.2) is 29.3 Å². The highest BCUT2D eigenvalue weighted by molar-refractivity contribution is 5.92. The van der Waals surface area contributed by atoms with E-state index in [-0.39, 0.29) is 12.0 Å². The zero-order chi connectivity index (χ0) is 15.1. The van der Waals surface area contributed by atoms with Gasteiger partial charge in [-0.1, -0.05) is 19.1 Å². The maximum Gasteiger partial charge on any atom is 0.193 e. The van der Waals surface area contributed by atoms with Gasteiger partial charge < -0.3 is 20.9 Å². The van der Waals surface area contributed by atoms with E-state index in [9.17, 15) is 5.11 Å². The molecule has 21 heavy (non-hydrogen) atoms. The number of ether oxygens (including phenoxy) is 1. The molecule has 1 aliphatic heterocycles. The molecule has 0 amide bonds. The van der Waals surface area contributed by atoms with E-state index < -0.39 is 0 Å². The number of guanidine groups is 1. The Balaban J connectivity index is 1.96. The molecule has 0 saturated carbocycles. The Morgan fingerprint density at radius 3 is 3.05 bits per heavy atom. The van der Waals surface area contributed by atoms with Crippen LogP contribution in [0.4, 0.5) is 5.69 Å². The van der Waals surface area contributed by atoms with Crippen LogP contribution in [0.5, 0.6) is 0 Å². The fourth-order valence-electron chi connectivity index (χ4n) is 2.60. The zero-order valence-corrected chi connectivity index (χ0v) is 12.6.